The van der Waals surface area contributed by atoms with E-state index in [0.717, 1.165) is 17.8 Å². The lowest BCUT2D eigenvalue weighted by molar-refractivity contribution is 0.615. The number of benzene rings is 7. The normalized spacial score (nSPS) is 15.6. The molecule has 0 amide bonds. The second-order valence-electron chi connectivity index (χ2n) is 14.6. The van der Waals surface area contributed by atoms with Gasteiger partial charge >= 0.3 is 0 Å². The first kappa shape index (κ1) is 31.8. The van der Waals surface area contributed by atoms with Gasteiger partial charge in [0.25, 0.3) is 0 Å². The Morgan fingerprint density at radius 1 is 0.462 bits per heavy atom. The van der Waals surface area contributed by atoms with E-state index < -0.39 is 0 Å². The van der Waals surface area contributed by atoms with Gasteiger partial charge in [-0.15, -0.1) is 0 Å². The smallest absolute Gasteiger partial charge is 0.0461 e. The molecule has 9 rings (SSSR count). The third-order valence-electron chi connectivity index (χ3n) is 11.1. The van der Waals surface area contributed by atoms with Gasteiger partial charge in [-0.25, -0.2) is 0 Å². The summed E-state index contributed by atoms with van der Waals surface area (Å²) in [6, 6.07) is 63.9. The summed E-state index contributed by atoms with van der Waals surface area (Å²) < 4.78 is 0. The first-order valence-corrected chi connectivity index (χ1v) is 18.4. The maximum Gasteiger partial charge on any atom is 0.0461 e. The predicted octanol–water partition coefficient (Wildman–Crippen LogP) is 13.9. The van der Waals surface area contributed by atoms with Crippen LogP contribution < -0.4 is 5.32 Å². The lowest BCUT2D eigenvalue weighted by Crippen LogP contribution is -2.17. The fraction of sp³-hybridized carbons (Fsp3) is 0.0980. The second-order valence-corrected chi connectivity index (χ2v) is 14.6. The molecule has 7 aromatic carbocycles. The van der Waals surface area contributed by atoms with Gasteiger partial charge in [0.05, 0.1) is 0 Å². The molecule has 0 fully saturated rings. The van der Waals surface area contributed by atoms with Crippen molar-refractivity contribution in [2.75, 3.05) is 5.32 Å². The highest BCUT2D eigenvalue weighted by Gasteiger charge is 2.42. The molecule has 1 unspecified atom stereocenters. The number of rotatable bonds is 7. The first-order valence-electron chi connectivity index (χ1n) is 18.4. The SMILES string of the molecule is CC1(C)C2=CC=C(c3cc(-c4cc(-c5ccccc5)cc(-c5ccccc5)c4)ccc3Nc3ccc(-c4ccccc4)cc3)CC2c2ccccc21. The maximum absolute atomic E-state index is 3.84. The highest BCUT2D eigenvalue weighted by atomic mass is 14.9. The third kappa shape index (κ3) is 5.89. The van der Waals surface area contributed by atoms with Crippen molar-refractivity contribution in [3.63, 3.8) is 0 Å². The fourth-order valence-corrected chi connectivity index (χ4v) is 8.37. The minimum Gasteiger partial charge on any atom is -0.355 e. The number of allylic oxidation sites excluding steroid dienone is 4. The number of fused-ring (bicyclic) bond motifs is 3. The zero-order valence-corrected chi connectivity index (χ0v) is 29.7. The summed E-state index contributed by atoms with van der Waals surface area (Å²) in [6.45, 7) is 4.76. The van der Waals surface area contributed by atoms with Crippen LogP contribution in [0.3, 0.4) is 0 Å². The van der Waals surface area contributed by atoms with Crippen LogP contribution in [0.2, 0.25) is 0 Å². The van der Waals surface area contributed by atoms with Crippen molar-refractivity contribution in [1.82, 2.24) is 0 Å². The van der Waals surface area contributed by atoms with Crippen molar-refractivity contribution in [2.24, 2.45) is 0 Å². The summed E-state index contributed by atoms with van der Waals surface area (Å²) in [5.74, 6) is 0.374. The molecule has 1 N–H and O–H groups in total. The first-order chi connectivity index (χ1) is 25.5. The van der Waals surface area contributed by atoms with Crippen LogP contribution in [-0.4, -0.2) is 0 Å². The van der Waals surface area contributed by atoms with Crippen LogP contribution in [0.15, 0.2) is 194 Å². The molecule has 0 saturated carbocycles. The van der Waals surface area contributed by atoms with Gasteiger partial charge in [-0.05, 0) is 110 Å². The van der Waals surface area contributed by atoms with Gasteiger partial charge in [-0.1, -0.05) is 165 Å². The molecule has 1 heteroatoms. The molecule has 0 heterocycles. The maximum atomic E-state index is 3.84. The molecule has 250 valence electrons. The molecule has 0 bridgehead atoms. The minimum atomic E-state index is 0.0262. The van der Waals surface area contributed by atoms with E-state index in [-0.39, 0.29) is 5.41 Å². The summed E-state index contributed by atoms with van der Waals surface area (Å²) in [6.07, 6.45) is 5.77. The number of hydrogen-bond acceptors (Lipinski definition) is 1. The summed E-state index contributed by atoms with van der Waals surface area (Å²) in [4.78, 5) is 0. The van der Waals surface area contributed by atoms with E-state index in [1.165, 1.54) is 72.3 Å². The minimum absolute atomic E-state index is 0.0262. The van der Waals surface area contributed by atoms with Crippen LogP contribution >= 0.6 is 0 Å². The number of anilines is 2. The van der Waals surface area contributed by atoms with Gasteiger partial charge < -0.3 is 5.32 Å². The molecule has 2 aliphatic rings. The van der Waals surface area contributed by atoms with E-state index in [1.807, 2.05) is 0 Å². The van der Waals surface area contributed by atoms with Crippen molar-refractivity contribution in [1.29, 1.82) is 0 Å². The molecule has 0 aliphatic heterocycles. The van der Waals surface area contributed by atoms with Crippen molar-refractivity contribution < 1.29 is 0 Å². The molecule has 7 aromatic rings. The standard InChI is InChI=1S/C51H41N/c1-51(2)48-21-13-12-20-45(48)47-34-40(24-28-49(47)51)46-33-39(25-29-50(46)52-44-26-22-38(23-27-44)35-14-6-3-7-15-35)43-31-41(36-16-8-4-9-17-36)30-42(32-43)37-18-10-5-11-19-37/h3-33,47,52H,34H2,1-2H3. The molecular formula is C51H41N. The third-order valence-corrected chi connectivity index (χ3v) is 11.1. The van der Waals surface area contributed by atoms with Crippen LogP contribution in [0.5, 0.6) is 0 Å². The quantitative estimate of drug-likeness (QED) is 0.178. The summed E-state index contributed by atoms with van der Waals surface area (Å²) >= 11 is 0. The number of nitrogens with one attached hydrogen (secondary N) is 1. The van der Waals surface area contributed by atoms with E-state index >= 15 is 0 Å². The van der Waals surface area contributed by atoms with Gasteiger partial charge in [0, 0.05) is 28.3 Å². The van der Waals surface area contributed by atoms with Crippen LogP contribution in [0, 0.1) is 0 Å². The molecule has 1 nitrogen and oxygen atoms in total. The lowest BCUT2D eigenvalue weighted by Gasteiger charge is -2.28. The van der Waals surface area contributed by atoms with E-state index in [1.54, 1.807) is 0 Å². The molecule has 1 atom stereocenters. The Hall–Kier alpha value is -6.18. The molecule has 2 aliphatic carbocycles. The fourth-order valence-electron chi connectivity index (χ4n) is 8.37. The van der Waals surface area contributed by atoms with E-state index in [9.17, 15) is 0 Å². The molecule has 52 heavy (non-hydrogen) atoms. The average Bonchev–Trinajstić information content (AvgIpc) is 3.44. The Labute approximate surface area is 307 Å². The lowest BCUT2D eigenvalue weighted by atomic mass is 9.76. The van der Waals surface area contributed by atoms with Gasteiger partial charge in [0.15, 0.2) is 0 Å². The van der Waals surface area contributed by atoms with Crippen molar-refractivity contribution in [3.8, 4) is 44.5 Å². The van der Waals surface area contributed by atoms with Gasteiger partial charge in [-0.2, -0.15) is 0 Å². The zero-order chi connectivity index (χ0) is 35.1. The molecule has 0 aromatic heterocycles. The summed E-state index contributed by atoms with van der Waals surface area (Å²) in [7, 11) is 0. The largest absolute Gasteiger partial charge is 0.355 e. The van der Waals surface area contributed by atoms with Gasteiger partial charge in [-0.3, -0.25) is 0 Å². The Kier molecular flexibility index (Phi) is 8.05. The Balaban J connectivity index is 1.16. The van der Waals surface area contributed by atoms with Crippen LogP contribution in [0.1, 0.15) is 42.9 Å². The highest BCUT2D eigenvalue weighted by Crippen LogP contribution is 2.55. The molecule has 0 saturated heterocycles. The monoisotopic (exact) mass is 667 g/mol. The predicted molar refractivity (Wildman–Crippen MR) is 221 cm³/mol. The zero-order valence-electron chi connectivity index (χ0n) is 29.7. The summed E-state index contributed by atoms with van der Waals surface area (Å²) in [5.41, 5.74) is 19.0. The van der Waals surface area contributed by atoms with Crippen molar-refractivity contribution >= 4 is 16.9 Å². The van der Waals surface area contributed by atoms with Gasteiger partial charge in [0.1, 0.15) is 0 Å². The Morgan fingerprint density at radius 2 is 0.962 bits per heavy atom. The van der Waals surface area contributed by atoms with Crippen LogP contribution in [0.25, 0.3) is 50.1 Å². The number of hydrogen-bond donors (Lipinski definition) is 1. The molecular weight excluding hydrogens is 627 g/mol. The molecule has 0 radical (unpaired) electrons. The molecule has 0 spiro atoms. The highest BCUT2D eigenvalue weighted by molar-refractivity contribution is 5.88. The van der Waals surface area contributed by atoms with Crippen LogP contribution in [0.4, 0.5) is 11.4 Å². The van der Waals surface area contributed by atoms with E-state index in [4.69, 9.17) is 0 Å². The van der Waals surface area contributed by atoms with Crippen molar-refractivity contribution in [3.05, 3.63) is 210 Å². The second kappa shape index (κ2) is 13.2. The van der Waals surface area contributed by atoms with Gasteiger partial charge in [0.2, 0.25) is 0 Å². The van der Waals surface area contributed by atoms with Crippen LogP contribution in [-0.2, 0) is 5.41 Å². The van der Waals surface area contributed by atoms with E-state index in [0.29, 0.717) is 5.92 Å². The van der Waals surface area contributed by atoms with Crippen molar-refractivity contribution in [2.45, 2.75) is 31.6 Å². The van der Waals surface area contributed by atoms with E-state index in [2.05, 4.69) is 207 Å². The Morgan fingerprint density at radius 3 is 1.58 bits per heavy atom. The Bertz CT molecular complexity index is 2390. The summed E-state index contributed by atoms with van der Waals surface area (Å²) in [5, 5.41) is 3.84. The topological polar surface area (TPSA) is 12.0 Å². The average molecular weight is 668 g/mol.